The molecule has 142 valence electrons. The van der Waals surface area contributed by atoms with E-state index >= 15 is 0 Å². The van der Waals surface area contributed by atoms with Crippen LogP contribution in [0.15, 0.2) is 60.9 Å². The average Bonchev–Trinajstić information content (AvgIpc) is 3.17. The fourth-order valence-corrected chi connectivity index (χ4v) is 2.98. The summed E-state index contributed by atoms with van der Waals surface area (Å²) in [6.07, 6.45) is 4.09. The molecular weight excluding hydrogens is 356 g/mol. The van der Waals surface area contributed by atoms with Crippen LogP contribution in [0.4, 0.5) is 11.4 Å². The van der Waals surface area contributed by atoms with Crippen LogP contribution in [0.1, 0.15) is 18.9 Å². The summed E-state index contributed by atoms with van der Waals surface area (Å²) < 4.78 is 7.31. The van der Waals surface area contributed by atoms with Crippen LogP contribution in [0.2, 0.25) is 0 Å². The summed E-state index contributed by atoms with van der Waals surface area (Å²) in [5.41, 5.74) is 3.14. The first-order valence-electron chi connectivity index (χ1n) is 9.09. The van der Waals surface area contributed by atoms with Crippen molar-refractivity contribution in [3.8, 4) is 11.4 Å². The van der Waals surface area contributed by atoms with Gasteiger partial charge in [0.1, 0.15) is 5.75 Å². The largest absolute Gasteiger partial charge is 0.479 e. The number of amides is 2. The predicted octanol–water partition coefficient (Wildman–Crippen LogP) is 3.16. The molecule has 1 aliphatic heterocycles. The van der Waals surface area contributed by atoms with E-state index in [1.54, 1.807) is 36.0 Å². The van der Waals surface area contributed by atoms with Gasteiger partial charge in [0.05, 0.1) is 17.6 Å². The molecule has 2 amide bonds. The SMILES string of the molecule is CC1Oc2ccc(NC(=O)CCc3cnn(-c4ccccc4)c3)cc2NC1=O. The number of fused-ring (bicyclic) bond motifs is 1. The number of nitrogens with one attached hydrogen (secondary N) is 2. The fraction of sp³-hybridized carbons (Fsp3) is 0.190. The zero-order valence-corrected chi connectivity index (χ0v) is 15.4. The number of carbonyl (C=O) groups is 2. The third kappa shape index (κ3) is 3.88. The number of aryl methyl sites for hydroxylation is 1. The molecule has 2 aromatic carbocycles. The van der Waals surface area contributed by atoms with Crippen molar-refractivity contribution in [3.63, 3.8) is 0 Å². The lowest BCUT2D eigenvalue weighted by Gasteiger charge is -2.23. The van der Waals surface area contributed by atoms with Gasteiger partial charge < -0.3 is 15.4 Å². The maximum absolute atomic E-state index is 12.3. The van der Waals surface area contributed by atoms with E-state index in [9.17, 15) is 9.59 Å². The number of anilines is 2. The van der Waals surface area contributed by atoms with E-state index in [4.69, 9.17) is 4.74 Å². The quantitative estimate of drug-likeness (QED) is 0.716. The first kappa shape index (κ1) is 17.8. The van der Waals surface area contributed by atoms with Gasteiger partial charge in [-0.1, -0.05) is 18.2 Å². The molecule has 1 aromatic heterocycles. The van der Waals surface area contributed by atoms with Crippen molar-refractivity contribution in [1.29, 1.82) is 0 Å². The van der Waals surface area contributed by atoms with Gasteiger partial charge >= 0.3 is 0 Å². The molecule has 0 saturated heterocycles. The molecule has 2 heterocycles. The smallest absolute Gasteiger partial charge is 0.265 e. The highest BCUT2D eigenvalue weighted by Gasteiger charge is 2.23. The van der Waals surface area contributed by atoms with Gasteiger partial charge in [0.2, 0.25) is 5.91 Å². The van der Waals surface area contributed by atoms with Crippen molar-refractivity contribution >= 4 is 23.2 Å². The summed E-state index contributed by atoms with van der Waals surface area (Å²) in [7, 11) is 0. The molecule has 1 unspecified atom stereocenters. The van der Waals surface area contributed by atoms with E-state index in [1.165, 1.54) is 0 Å². The number of carbonyl (C=O) groups excluding carboxylic acids is 2. The first-order valence-corrected chi connectivity index (χ1v) is 9.09. The fourth-order valence-electron chi connectivity index (χ4n) is 2.98. The normalized spacial score (nSPS) is 15.3. The second-order valence-corrected chi connectivity index (χ2v) is 6.64. The topological polar surface area (TPSA) is 85.2 Å². The molecule has 2 N–H and O–H groups in total. The lowest BCUT2D eigenvalue weighted by molar-refractivity contribution is -0.122. The molecule has 0 bridgehead atoms. The second kappa shape index (κ2) is 7.56. The number of ether oxygens (including phenoxy) is 1. The van der Waals surface area contributed by atoms with E-state index in [-0.39, 0.29) is 11.8 Å². The second-order valence-electron chi connectivity index (χ2n) is 6.64. The van der Waals surface area contributed by atoms with Crippen molar-refractivity contribution < 1.29 is 14.3 Å². The van der Waals surface area contributed by atoms with Crippen molar-refractivity contribution in [2.24, 2.45) is 0 Å². The summed E-state index contributed by atoms with van der Waals surface area (Å²) >= 11 is 0. The third-order valence-electron chi connectivity index (χ3n) is 4.49. The van der Waals surface area contributed by atoms with Gasteiger partial charge in [0, 0.05) is 18.3 Å². The molecule has 3 aromatic rings. The number of nitrogens with zero attached hydrogens (tertiary/aromatic N) is 2. The summed E-state index contributed by atoms with van der Waals surface area (Å²) in [6, 6.07) is 15.0. The zero-order chi connectivity index (χ0) is 19.5. The Balaban J connectivity index is 1.35. The van der Waals surface area contributed by atoms with E-state index in [0.717, 1.165) is 11.3 Å². The zero-order valence-electron chi connectivity index (χ0n) is 15.4. The number of aromatic nitrogens is 2. The number of rotatable bonds is 5. The Bertz CT molecular complexity index is 1010. The molecule has 1 aliphatic rings. The number of hydrogen-bond donors (Lipinski definition) is 2. The minimum atomic E-state index is -0.523. The van der Waals surface area contributed by atoms with Crippen molar-refractivity contribution in [2.45, 2.75) is 25.9 Å². The van der Waals surface area contributed by atoms with Crippen LogP contribution < -0.4 is 15.4 Å². The van der Waals surface area contributed by atoms with Gasteiger partial charge in [-0.2, -0.15) is 5.10 Å². The maximum atomic E-state index is 12.3. The summed E-state index contributed by atoms with van der Waals surface area (Å²) in [4.78, 5) is 24.0. The molecule has 7 heteroatoms. The Labute approximate surface area is 162 Å². The van der Waals surface area contributed by atoms with Gasteiger partial charge in [-0.25, -0.2) is 4.68 Å². The first-order chi connectivity index (χ1) is 13.6. The van der Waals surface area contributed by atoms with Crippen LogP contribution in [0.5, 0.6) is 5.75 Å². The minimum absolute atomic E-state index is 0.108. The molecule has 7 nitrogen and oxygen atoms in total. The molecular formula is C21H20N4O3. The van der Waals surface area contributed by atoms with Gasteiger partial charge in [0.25, 0.3) is 5.91 Å². The molecule has 4 rings (SSSR count). The molecule has 1 atom stereocenters. The van der Waals surface area contributed by atoms with E-state index in [1.807, 2.05) is 36.5 Å². The van der Waals surface area contributed by atoms with Gasteiger partial charge in [-0.3, -0.25) is 9.59 Å². The van der Waals surface area contributed by atoms with Crippen LogP contribution in [0.3, 0.4) is 0 Å². The Morgan fingerprint density at radius 3 is 2.89 bits per heavy atom. The Kier molecular flexibility index (Phi) is 4.80. The van der Waals surface area contributed by atoms with Crippen molar-refractivity contribution in [2.75, 3.05) is 10.6 Å². The maximum Gasteiger partial charge on any atom is 0.265 e. The van der Waals surface area contributed by atoms with Crippen LogP contribution >= 0.6 is 0 Å². The van der Waals surface area contributed by atoms with Crippen LogP contribution in [-0.4, -0.2) is 27.7 Å². The van der Waals surface area contributed by atoms with Gasteiger partial charge in [0.15, 0.2) is 6.10 Å². The monoisotopic (exact) mass is 376 g/mol. The van der Waals surface area contributed by atoms with E-state index in [2.05, 4.69) is 15.7 Å². The summed E-state index contributed by atoms with van der Waals surface area (Å²) in [5.74, 6) is 0.286. The number of benzene rings is 2. The third-order valence-corrected chi connectivity index (χ3v) is 4.49. The highest BCUT2D eigenvalue weighted by atomic mass is 16.5. The highest BCUT2D eigenvalue weighted by molar-refractivity contribution is 5.99. The van der Waals surface area contributed by atoms with Crippen LogP contribution in [-0.2, 0) is 16.0 Å². The Morgan fingerprint density at radius 1 is 1.25 bits per heavy atom. The molecule has 0 fully saturated rings. The molecule has 28 heavy (non-hydrogen) atoms. The molecule has 0 aliphatic carbocycles. The molecule has 0 spiro atoms. The van der Waals surface area contributed by atoms with E-state index < -0.39 is 6.10 Å². The molecule has 0 radical (unpaired) electrons. The standard InChI is InChI=1S/C21H20N4O3/c1-14-21(27)24-18-11-16(8-9-19(18)28-14)23-20(26)10-7-15-12-22-25(13-15)17-5-3-2-4-6-17/h2-6,8-9,11-14H,7,10H2,1H3,(H,23,26)(H,24,27). The number of hydrogen-bond acceptors (Lipinski definition) is 4. The predicted molar refractivity (Wildman–Crippen MR) is 106 cm³/mol. The summed E-state index contributed by atoms with van der Waals surface area (Å²) in [5, 5.41) is 9.97. The van der Waals surface area contributed by atoms with Gasteiger partial charge in [-0.05, 0) is 49.2 Å². The van der Waals surface area contributed by atoms with Gasteiger partial charge in [-0.15, -0.1) is 0 Å². The van der Waals surface area contributed by atoms with E-state index in [0.29, 0.717) is 30.0 Å². The summed E-state index contributed by atoms with van der Waals surface area (Å²) in [6.45, 7) is 1.69. The van der Waals surface area contributed by atoms with Crippen LogP contribution in [0.25, 0.3) is 5.69 Å². The lowest BCUT2D eigenvalue weighted by Crippen LogP contribution is -2.34. The Morgan fingerprint density at radius 2 is 2.07 bits per heavy atom. The Hall–Kier alpha value is -3.61. The number of para-hydroxylation sites is 1. The van der Waals surface area contributed by atoms with Crippen molar-refractivity contribution in [1.82, 2.24) is 9.78 Å². The lowest BCUT2D eigenvalue weighted by atomic mass is 10.1. The van der Waals surface area contributed by atoms with Crippen LogP contribution in [0, 0.1) is 0 Å². The van der Waals surface area contributed by atoms with Crippen molar-refractivity contribution in [3.05, 3.63) is 66.5 Å². The highest BCUT2D eigenvalue weighted by Crippen LogP contribution is 2.32. The minimum Gasteiger partial charge on any atom is -0.479 e. The average molecular weight is 376 g/mol. The molecule has 0 saturated carbocycles.